The first kappa shape index (κ1) is 19.7. The van der Waals surface area contributed by atoms with Crippen molar-refractivity contribution in [1.29, 1.82) is 5.41 Å². The molecule has 4 nitrogen and oxygen atoms in total. The summed E-state index contributed by atoms with van der Waals surface area (Å²) in [6.45, 7) is 1.74. The van der Waals surface area contributed by atoms with E-state index in [4.69, 9.17) is 17.0 Å². The van der Waals surface area contributed by atoms with Crippen molar-refractivity contribution >= 4 is 29.0 Å². The van der Waals surface area contributed by atoms with Gasteiger partial charge in [0.2, 0.25) is 0 Å². The lowest BCUT2D eigenvalue weighted by Crippen LogP contribution is -2.16. The number of amides is 1. The van der Waals surface area contributed by atoms with Gasteiger partial charge in [-0.2, -0.15) is 0 Å². The zero-order valence-corrected chi connectivity index (χ0v) is 16.1. The standard InChI is InChI=1S/C22H19ClFN3O/c1-14(25)16-5-2-15(3-6-16)4-7-17-8-10-19(24)12-20(17)22(28)27-21-11-9-18(23)13-26-21/h2-3,5-6,8-13,25H,4,7H2,1H3,(H,26,27,28). The minimum absolute atomic E-state index is 0.281. The van der Waals surface area contributed by atoms with Crippen molar-refractivity contribution in [2.75, 3.05) is 5.32 Å². The van der Waals surface area contributed by atoms with Crippen molar-refractivity contribution in [2.24, 2.45) is 0 Å². The van der Waals surface area contributed by atoms with Crippen molar-refractivity contribution in [3.8, 4) is 0 Å². The van der Waals surface area contributed by atoms with Crippen molar-refractivity contribution in [2.45, 2.75) is 19.8 Å². The SMILES string of the molecule is CC(=N)c1ccc(CCc2ccc(F)cc2C(=O)Nc2ccc(Cl)cn2)cc1. The van der Waals surface area contributed by atoms with Crippen LogP contribution in [0.2, 0.25) is 5.02 Å². The third-order valence-electron chi connectivity index (χ3n) is 4.36. The summed E-state index contributed by atoms with van der Waals surface area (Å²) in [5, 5.41) is 10.8. The monoisotopic (exact) mass is 395 g/mol. The van der Waals surface area contributed by atoms with Gasteiger partial charge in [0.1, 0.15) is 11.6 Å². The summed E-state index contributed by atoms with van der Waals surface area (Å²) in [6, 6.07) is 15.2. The molecule has 2 N–H and O–H groups in total. The summed E-state index contributed by atoms with van der Waals surface area (Å²) in [4.78, 5) is 16.7. The lowest BCUT2D eigenvalue weighted by atomic mass is 9.98. The molecule has 0 aliphatic heterocycles. The summed E-state index contributed by atoms with van der Waals surface area (Å²) in [5.74, 6) is -0.537. The molecule has 0 aliphatic carbocycles. The fraction of sp³-hybridized carbons (Fsp3) is 0.136. The number of hydrogen-bond acceptors (Lipinski definition) is 3. The Hall–Kier alpha value is -3.05. The van der Waals surface area contributed by atoms with E-state index in [1.807, 2.05) is 24.3 Å². The Morgan fingerprint density at radius 2 is 1.86 bits per heavy atom. The Morgan fingerprint density at radius 3 is 2.50 bits per heavy atom. The Bertz CT molecular complexity index is 1000. The third kappa shape index (κ3) is 5.02. The first-order valence-corrected chi connectivity index (χ1v) is 9.16. The largest absolute Gasteiger partial charge is 0.307 e. The number of nitrogens with zero attached hydrogens (tertiary/aromatic N) is 1. The van der Waals surface area contributed by atoms with E-state index in [1.54, 1.807) is 25.1 Å². The van der Waals surface area contributed by atoms with Crippen molar-refractivity contribution in [3.05, 3.63) is 93.9 Å². The first-order valence-electron chi connectivity index (χ1n) is 8.78. The fourth-order valence-corrected chi connectivity index (χ4v) is 2.92. The highest BCUT2D eigenvalue weighted by Gasteiger charge is 2.14. The number of carbonyl (C=O) groups is 1. The highest BCUT2D eigenvalue weighted by atomic mass is 35.5. The summed E-state index contributed by atoms with van der Waals surface area (Å²) < 4.78 is 13.7. The van der Waals surface area contributed by atoms with Gasteiger partial charge in [-0.05, 0) is 60.7 Å². The number of anilines is 1. The zero-order chi connectivity index (χ0) is 20.1. The topological polar surface area (TPSA) is 65.8 Å². The molecule has 0 aliphatic rings. The molecule has 0 atom stereocenters. The van der Waals surface area contributed by atoms with Crippen LogP contribution in [0.4, 0.5) is 10.2 Å². The number of benzene rings is 2. The molecule has 0 fully saturated rings. The number of hydrogen-bond donors (Lipinski definition) is 2. The van der Waals surface area contributed by atoms with Gasteiger partial charge < -0.3 is 10.7 Å². The van der Waals surface area contributed by atoms with E-state index < -0.39 is 11.7 Å². The Labute approximate surface area is 167 Å². The van der Waals surface area contributed by atoms with Crippen LogP contribution in [0.5, 0.6) is 0 Å². The van der Waals surface area contributed by atoms with Crippen LogP contribution in [-0.4, -0.2) is 16.6 Å². The van der Waals surface area contributed by atoms with Gasteiger partial charge in [0.05, 0.1) is 5.02 Å². The van der Waals surface area contributed by atoms with E-state index in [2.05, 4.69) is 10.3 Å². The van der Waals surface area contributed by atoms with E-state index in [1.165, 1.54) is 18.3 Å². The molecular formula is C22H19ClFN3O. The molecule has 0 bridgehead atoms. The van der Waals surface area contributed by atoms with Crippen molar-refractivity contribution in [1.82, 2.24) is 4.98 Å². The quantitative estimate of drug-likeness (QED) is 0.556. The zero-order valence-electron chi connectivity index (χ0n) is 15.3. The lowest BCUT2D eigenvalue weighted by molar-refractivity contribution is 0.102. The molecule has 0 radical (unpaired) electrons. The maximum absolute atomic E-state index is 13.7. The summed E-state index contributed by atoms with van der Waals surface area (Å²) in [5.41, 5.74) is 3.50. The summed E-state index contributed by atoms with van der Waals surface area (Å²) in [7, 11) is 0. The van der Waals surface area contributed by atoms with Crippen LogP contribution < -0.4 is 5.32 Å². The highest BCUT2D eigenvalue weighted by Crippen LogP contribution is 2.18. The van der Waals surface area contributed by atoms with Gasteiger partial charge in [-0.25, -0.2) is 9.37 Å². The molecule has 28 heavy (non-hydrogen) atoms. The number of pyridine rings is 1. The molecule has 142 valence electrons. The molecule has 1 aromatic heterocycles. The number of nitrogens with one attached hydrogen (secondary N) is 2. The Morgan fingerprint density at radius 1 is 1.11 bits per heavy atom. The van der Waals surface area contributed by atoms with Crippen LogP contribution in [0, 0.1) is 11.2 Å². The van der Waals surface area contributed by atoms with Crippen LogP contribution >= 0.6 is 11.6 Å². The second-order valence-electron chi connectivity index (χ2n) is 6.44. The molecule has 0 spiro atoms. The van der Waals surface area contributed by atoms with Crippen LogP contribution in [0.1, 0.15) is 34.0 Å². The lowest BCUT2D eigenvalue weighted by Gasteiger charge is -2.11. The van der Waals surface area contributed by atoms with E-state index >= 15 is 0 Å². The maximum atomic E-state index is 13.7. The van der Waals surface area contributed by atoms with Gasteiger partial charge in [0.15, 0.2) is 0 Å². The average Bonchev–Trinajstić information content (AvgIpc) is 2.69. The second-order valence-corrected chi connectivity index (χ2v) is 6.88. The van der Waals surface area contributed by atoms with E-state index in [-0.39, 0.29) is 5.56 Å². The molecule has 0 saturated carbocycles. The van der Waals surface area contributed by atoms with Crippen LogP contribution in [0.15, 0.2) is 60.8 Å². The van der Waals surface area contributed by atoms with Gasteiger partial charge >= 0.3 is 0 Å². The average molecular weight is 396 g/mol. The van der Waals surface area contributed by atoms with Gasteiger partial charge in [-0.1, -0.05) is 41.9 Å². The molecule has 6 heteroatoms. The van der Waals surface area contributed by atoms with Gasteiger partial charge in [-0.3, -0.25) is 4.79 Å². The Balaban J connectivity index is 1.75. The van der Waals surface area contributed by atoms with Crippen LogP contribution in [-0.2, 0) is 12.8 Å². The number of aryl methyl sites for hydroxylation is 2. The molecule has 0 unspecified atom stereocenters. The fourth-order valence-electron chi connectivity index (χ4n) is 2.81. The van der Waals surface area contributed by atoms with Gasteiger partial charge in [0, 0.05) is 17.5 Å². The first-order chi connectivity index (χ1) is 13.4. The van der Waals surface area contributed by atoms with E-state index in [0.717, 1.165) is 16.7 Å². The smallest absolute Gasteiger partial charge is 0.257 e. The summed E-state index contributed by atoms with van der Waals surface area (Å²) >= 11 is 5.80. The molecule has 2 aromatic carbocycles. The molecule has 1 heterocycles. The van der Waals surface area contributed by atoms with Gasteiger partial charge in [-0.15, -0.1) is 0 Å². The third-order valence-corrected chi connectivity index (χ3v) is 4.58. The Kier molecular flexibility index (Phi) is 6.16. The molecule has 3 aromatic rings. The number of aromatic nitrogens is 1. The van der Waals surface area contributed by atoms with Crippen LogP contribution in [0.3, 0.4) is 0 Å². The second kappa shape index (κ2) is 8.76. The normalized spacial score (nSPS) is 10.5. The van der Waals surface area contributed by atoms with Crippen LogP contribution in [0.25, 0.3) is 0 Å². The number of rotatable bonds is 6. The molecule has 0 saturated heterocycles. The summed E-state index contributed by atoms with van der Waals surface area (Å²) in [6.07, 6.45) is 2.71. The number of carbonyl (C=O) groups excluding carboxylic acids is 1. The minimum Gasteiger partial charge on any atom is -0.307 e. The minimum atomic E-state index is -0.469. The molecular weight excluding hydrogens is 377 g/mol. The predicted octanol–water partition coefficient (Wildman–Crippen LogP) is 5.30. The van der Waals surface area contributed by atoms with Crippen molar-refractivity contribution < 1.29 is 9.18 Å². The maximum Gasteiger partial charge on any atom is 0.257 e. The highest BCUT2D eigenvalue weighted by molar-refractivity contribution is 6.30. The van der Waals surface area contributed by atoms with Gasteiger partial charge in [0.25, 0.3) is 5.91 Å². The van der Waals surface area contributed by atoms with Crippen molar-refractivity contribution in [3.63, 3.8) is 0 Å². The number of halogens is 2. The van der Waals surface area contributed by atoms with E-state index in [9.17, 15) is 9.18 Å². The molecule has 1 amide bonds. The predicted molar refractivity (Wildman–Crippen MR) is 110 cm³/mol. The van der Waals surface area contributed by atoms with E-state index in [0.29, 0.717) is 29.4 Å². The molecule has 3 rings (SSSR count).